The molecule has 4 aromatic rings. The maximum Gasteiger partial charge on any atom is 0.276 e. The summed E-state index contributed by atoms with van der Waals surface area (Å²) in [4.78, 5) is 33.0. The molecule has 3 aromatic heterocycles. The van der Waals surface area contributed by atoms with Gasteiger partial charge < -0.3 is 5.32 Å². The van der Waals surface area contributed by atoms with Crippen molar-refractivity contribution >= 4 is 16.8 Å². The molecular weight excluding hydrogens is 332 g/mol. The van der Waals surface area contributed by atoms with Crippen LogP contribution >= 0.6 is 0 Å². The lowest BCUT2D eigenvalue weighted by Gasteiger charge is -2.07. The quantitative estimate of drug-likeness (QED) is 0.581. The number of carbonyl (C=O) groups is 1. The number of carbonyl (C=O) groups excluding carboxylic acids is 1. The van der Waals surface area contributed by atoms with Gasteiger partial charge in [0.25, 0.3) is 5.91 Å². The van der Waals surface area contributed by atoms with Crippen molar-refractivity contribution in [3.63, 3.8) is 0 Å². The molecule has 0 atom stereocenters. The van der Waals surface area contributed by atoms with Crippen LogP contribution in [0.5, 0.6) is 0 Å². The Balaban J connectivity index is 1.54. The average Bonchev–Trinajstić information content (AvgIpc) is 3.22. The van der Waals surface area contributed by atoms with E-state index in [9.17, 15) is 9.59 Å². The number of hydrogen-bond donors (Lipinski definition) is 2. The van der Waals surface area contributed by atoms with Crippen molar-refractivity contribution in [2.45, 2.75) is 6.54 Å². The number of para-hydroxylation sites is 1. The van der Waals surface area contributed by atoms with Crippen LogP contribution in [0, 0.1) is 0 Å². The van der Waals surface area contributed by atoms with Crippen molar-refractivity contribution < 1.29 is 4.79 Å². The van der Waals surface area contributed by atoms with Crippen molar-refractivity contribution in [3.05, 3.63) is 82.8 Å². The van der Waals surface area contributed by atoms with Crippen LogP contribution in [0.2, 0.25) is 0 Å². The van der Waals surface area contributed by atoms with E-state index in [1.54, 1.807) is 59.8 Å². The van der Waals surface area contributed by atoms with E-state index in [1.165, 1.54) is 0 Å². The van der Waals surface area contributed by atoms with Gasteiger partial charge in [0.05, 0.1) is 5.52 Å². The number of fused-ring (bicyclic) bond motifs is 1. The molecule has 0 fully saturated rings. The van der Waals surface area contributed by atoms with Crippen molar-refractivity contribution in [2.24, 2.45) is 0 Å². The Morgan fingerprint density at radius 1 is 1.19 bits per heavy atom. The summed E-state index contributed by atoms with van der Waals surface area (Å²) in [7, 11) is 0. The number of nitrogens with zero attached hydrogens (tertiary/aromatic N) is 4. The van der Waals surface area contributed by atoms with Gasteiger partial charge in [0.15, 0.2) is 5.69 Å². The zero-order valence-electron chi connectivity index (χ0n) is 13.6. The maximum atomic E-state index is 12.4. The average molecular weight is 346 g/mol. The molecule has 128 valence electrons. The Bertz CT molecular complexity index is 1130. The van der Waals surface area contributed by atoms with Gasteiger partial charge in [0, 0.05) is 30.5 Å². The molecule has 26 heavy (non-hydrogen) atoms. The molecule has 1 aromatic carbocycles. The van der Waals surface area contributed by atoms with E-state index in [2.05, 4.69) is 25.5 Å². The van der Waals surface area contributed by atoms with E-state index >= 15 is 0 Å². The third kappa shape index (κ3) is 2.95. The number of amides is 1. The molecule has 0 saturated heterocycles. The van der Waals surface area contributed by atoms with E-state index in [-0.39, 0.29) is 12.2 Å². The van der Waals surface area contributed by atoms with Gasteiger partial charge in [-0.3, -0.25) is 19.3 Å². The largest absolute Gasteiger partial charge is 0.346 e. The normalized spacial score (nSPS) is 10.8. The highest BCUT2D eigenvalue weighted by Crippen LogP contribution is 2.08. The summed E-state index contributed by atoms with van der Waals surface area (Å²) >= 11 is 0. The number of hydrogen-bond acceptors (Lipinski definition) is 5. The maximum absolute atomic E-state index is 12.4. The van der Waals surface area contributed by atoms with Gasteiger partial charge in [-0.05, 0) is 29.8 Å². The monoisotopic (exact) mass is 346 g/mol. The van der Waals surface area contributed by atoms with Gasteiger partial charge in [0.1, 0.15) is 12.1 Å². The molecule has 8 heteroatoms. The Hall–Kier alpha value is -3.81. The van der Waals surface area contributed by atoms with E-state index in [0.29, 0.717) is 16.7 Å². The van der Waals surface area contributed by atoms with Gasteiger partial charge in [-0.1, -0.05) is 12.1 Å². The molecule has 0 radical (unpaired) electrons. The summed E-state index contributed by atoms with van der Waals surface area (Å²) in [5.41, 5.74) is 0.876. The van der Waals surface area contributed by atoms with Crippen LogP contribution in [0.15, 0.2) is 66.1 Å². The van der Waals surface area contributed by atoms with Crippen LogP contribution in [0.3, 0.4) is 0 Å². The molecule has 4 rings (SSSR count). The Morgan fingerprint density at radius 2 is 2.08 bits per heavy atom. The number of imidazole rings is 1. The lowest BCUT2D eigenvalue weighted by Crippen LogP contribution is -2.30. The predicted octanol–water partition coefficient (Wildman–Crippen LogP) is 1.43. The van der Waals surface area contributed by atoms with Crippen LogP contribution in [-0.4, -0.2) is 30.6 Å². The number of rotatable bonds is 4. The van der Waals surface area contributed by atoms with Crippen LogP contribution in [0.4, 0.5) is 0 Å². The SMILES string of the molecule is O=C(NCc1ccnc(-n2ccnc2)c1)c1n[nH]c2ccccc2c1=O. The first-order valence-electron chi connectivity index (χ1n) is 7.91. The van der Waals surface area contributed by atoms with Gasteiger partial charge >= 0.3 is 0 Å². The summed E-state index contributed by atoms with van der Waals surface area (Å²) in [5, 5.41) is 9.79. The molecular formula is C18H14N6O2. The highest BCUT2D eigenvalue weighted by Gasteiger charge is 2.14. The standard InChI is InChI=1S/C18H14N6O2/c25-17-13-3-1-2-4-14(13)22-23-16(17)18(26)21-10-12-5-6-20-15(9-12)24-8-7-19-11-24/h1-9,11H,10H2,(H,21,26)(H,22,25). The topological polar surface area (TPSA) is 106 Å². The summed E-state index contributed by atoms with van der Waals surface area (Å²) in [5.74, 6) is 0.161. The Labute approximate surface area is 147 Å². The zero-order valence-corrected chi connectivity index (χ0v) is 13.6. The second-order valence-corrected chi connectivity index (χ2v) is 5.62. The number of nitrogens with one attached hydrogen (secondary N) is 2. The second-order valence-electron chi connectivity index (χ2n) is 5.62. The molecule has 1 amide bonds. The first kappa shape index (κ1) is 15.7. The summed E-state index contributed by atoms with van der Waals surface area (Å²) in [6.07, 6.45) is 6.73. The zero-order chi connectivity index (χ0) is 17.9. The molecule has 0 bridgehead atoms. The molecule has 0 spiro atoms. The first-order valence-corrected chi connectivity index (χ1v) is 7.91. The van der Waals surface area contributed by atoms with Crippen LogP contribution in [-0.2, 0) is 6.54 Å². The van der Waals surface area contributed by atoms with Gasteiger partial charge in [-0.15, -0.1) is 0 Å². The minimum Gasteiger partial charge on any atom is -0.346 e. The minimum absolute atomic E-state index is 0.160. The highest BCUT2D eigenvalue weighted by molar-refractivity contribution is 5.95. The van der Waals surface area contributed by atoms with E-state index in [4.69, 9.17) is 0 Å². The molecule has 8 nitrogen and oxygen atoms in total. The van der Waals surface area contributed by atoms with E-state index in [0.717, 1.165) is 5.56 Å². The van der Waals surface area contributed by atoms with Gasteiger partial charge in [-0.2, -0.15) is 5.10 Å². The molecule has 0 aliphatic carbocycles. The lowest BCUT2D eigenvalue weighted by atomic mass is 10.2. The summed E-state index contributed by atoms with van der Waals surface area (Å²) in [6, 6.07) is 10.6. The summed E-state index contributed by atoms with van der Waals surface area (Å²) in [6.45, 7) is 0.247. The second kappa shape index (κ2) is 6.60. The third-order valence-corrected chi connectivity index (χ3v) is 3.92. The fraction of sp³-hybridized carbons (Fsp3) is 0.0556. The number of benzene rings is 1. The van der Waals surface area contributed by atoms with Crippen molar-refractivity contribution in [1.82, 2.24) is 30.0 Å². The molecule has 0 saturated carbocycles. The first-order chi connectivity index (χ1) is 12.7. The molecule has 3 heterocycles. The summed E-state index contributed by atoms with van der Waals surface area (Å²) < 4.78 is 1.76. The van der Waals surface area contributed by atoms with E-state index in [1.807, 2.05) is 6.07 Å². The molecule has 2 N–H and O–H groups in total. The van der Waals surface area contributed by atoms with Crippen LogP contribution < -0.4 is 10.7 Å². The fourth-order valence-corrected chi connectivity index (χ4v) is 2.60. The molecule has 0 aliphatic rings. The number of H-pyrrole nitrogens is 1. The van der Waals surface area contributed by atoms with Crippen LogP contribution in [0.25, 0.3) is 16.7 Å². The van der Waals surface area contributed by atoms with Gasteiger partial charge in [0.2, 0.25) is 5.43 Å². The Morgan fingerprint density at radius 3 is 2.92 bits per heavy atom. The number of aromatic nitrogens is 5. The molecule has 0 unspecified atom stereocenters. The van der Waals surface area contributed by atoms with Crippen molar-refractivity contribution in [2.75, 3.05) is 0 Å². The smallest absolute Gasteiger partial charge is 0.276 e. The van der Waals surface area contributed by atoms with Crippen LogP contribution in [0.1, 0.15) is 16.1 Å². The fourth-order valence-electron chi connectivity index (χ4n) is 2.60. The third-order valence-electron chi connectivity index (χ3n) is 3.92. The van der Waals surface area contributed by atoms with Crippen molar-refractivity contribution in [3.8, 4) is 5.82 Å². The molecule has 0 aliphatic heterocycles. The number of pyridine rings is 1. The number of aromatic amines is 1. The van der Waals surface area contributed by atoms with E-state index < -0.39 is 11.3 Å². The predicted molar refractivity (Wildman–Crippen MR) is 94.9 cm³/mol. The Kier molecular flexibility index (Phi) is 3.98. The van der Waals surface area contributed by atoms with Crippen molar-refractivity contribution in [1.29, 1.82) is 0 Å². The lowest BCUT2D eigenvalue weighted by molar-refractivity contribution is 0.0944. The van der Waals surface area contributed by atoms with Gasteiger partial charge in [-0.25, -0.2) is 9.97 Å². The minimum atomic E-state index is -0.530. The highest BCUT2D eigenvalue weighted by atomic mass is 16.2.